The molecular weight excluding hydrogens is 356 g/mol. The van der Waals surface area contributed by atoms with E-state index in [2.05, 4.69) is 10.5 Å². The number of nitro groups is 2. The predicted octanol–water partition coefficient (Wildman–Crippen LogP) is 3.25. The number of carbonyl (C=O) groups is 1. The van der Waals surface area contributed by atoms with Crippen LogP contribution in [0.4, 0.5) is 17.1 Å². The third-order valence-electron chi connectivity index (χ3n) is 3.69. The molecule has 0 aliphatic carbocycles. The van der Waals surface area contributed by atoms with Crippen molar-refractivity contribution in [1.82, 2.24) is 0 Å². The van der Waals surface area contributed by atoms with Gasteiger partial charge in [-0.2, -0.15) is 5.10 Å². The van der Waals surface area contributed by atoms with Gasteiger partial charge in [0.1, 0.15) is 5.69 Å². The Kier molecular flexibility index (Phi) is 6.53. The summed E-state index contributed by atoms with van der Waals surface area (Å²) in [5, 5.41) is 25.7. The monoisotopic (exact) mass is 372 g/mol. The van der Waals surface area contributed by atoms with E-state index in [-0.39, 0.29) is 12.1 Å². The van der Waals surface area contributed by atoms with E-state index in [4.69, 9.17) is 4.74 Å². The minimum atomic E-state index is -0.744. The Balaban J connectivity index is 2.13. The molecule has 10 nitrogen and oxygen atoms in total. The summed E-state index contributed by atoms with van der Waals surface area (Å²) < 4.78 is 4.79. The van der Waals surface area contributed by atoms with E-state index in [0.29, 0.717) is 0 Å². The fourth-order valence-electron chi connectivity index (χ4n) is 2.35. The van der Waals surface area contributed by atoms with Crippen LogP contribution in [-0.2, 0) is 9.53 Å². The number of carbonyl (C=O) groups excluding carboxylic acids is 1. The minimum absolute atomic E-state index is 0.00354. The van der Waals surface area contributed by atoms with Gasteiger partial charge in [-0.1, -0.05) is 30.3 Å². The Morgan fingerprint density at radius 3 is 2.48 bits per heavy atom. The molecule has 0 bridgehead atoms. The second kappa shape index (κ2) is 9.04. The lowest BCUT2D eigenvalue weighted by Crippen LogP contribution is -2.15. The number of methoxy groups -OCH3 is 1. The van der Waals surface area contributed by atoms with Crippen molar-refractivity contribution in [2.24, 2.45) is 5.10 Å². The van der Waals surface area contributed by atoms with Crippen LogP contribution in [-0.4, -0.2) is 29.1 Å². The van der Waals surface area contributed by atoms with Crippen LogP contribution >= 0.6 is 0 Å². The standard InChI is InChI=1S/C17H16N4O6/c1-27-17(22)14(12-5-3-2-4-6-12)9-10-18-19-15-8-7-13(20(23)24)11-16(15)21(25)26/h2-8,10-11,14,19H,9H2,1H3/b18-10+. The lowest BCUT2D eigenvalue weighted by molar-refractivity contribution is -0.393. The van der Waals surface area contributed by atoms with Gasteiger partial charge in [0.05, 0.1) is 28.9 Å². The van der Waals surface area contributed by atoms with Crippen molar-refractivity contribution in [2.45, 2.75) is 12.3 Å². The first-order valence-electron chi connectivity index (χ1n) is 7.77. The number of non-ortho nitro benzene ring substituents is 1. The molecule has 1 unspecified atom stereocenters. The van der Waals surface area contributed by atoms with Gasteiger partial charge in [0.15, 0.2) is 0 Å². The number of benzene rings is 2. The number of nitrogens with zero attached hydrogens (tertiary/aromatic N) is 3. The largest absolute Gasteiger partial charge is 0.469 e. The molecular formula is C17H16N4O6. The summed E-state index contributed by atoms with van der Waals surface area (Å²) in [5.74, 6) is -1.01. The summed E-state index contributed by atoms with van der Waals surface area (Å²) in [7, 11) is 1.29. The molecule has 0 heterocycles. The Morgan fingerprint density at radius 2 is 1.89 bits per heavy atom. The van der Waals surface area contributed by atoms with Crippen LogP contribution in [0.1, 0.15) is 17.9 Å². The smallest absolute Gasteiger partial charge is 0.313 e. The highest BCUT2D eigenvalue weighted by Gasteiger charge is 2.21. The van der Waals surface area contributed by atoms with Crippen LogP contribution in [0.2, 0.25) is 0 Å². The number of nitrogens with one attached hydrogen (secondary N) is 1. The van der Waals surface area contributed by atoms with Crippen molar-refractivity contribution >= 4 is 29.2 Å². The molecule has 0 aliphatic heterocycles. The van der Waals surface area contributed by atoms with Gasteiger partial charge in [-0.05, 0) is 11.6 Å². The van der Waals surface area contributed by atoms with E-state index in [1.165, 1.54) is 19.4 Å². The van der Waals surface area contributed by atoms with Crippen LogP contribution in [0.5, 0.6) is 0 Å². The van der Waals surface area contributed by atoms with Crippen LogP contribution < -0.4 is 5.43 Å². The summed E-state index contributed by atoms with van der Waals surface area (Å²) in [4.78, 5) is 32.3. The van der Waals surface area contributed by atoms with Crippen LogP contribution in [0.3, 0.4) is 0 Å². The fourth-order valence-corrected chi connectivity index (χ4v) is 2.35. The molecule has 27 heavy (non-hydrogen) atoms. The van der Waals surface area contributed by atoms with Gasteiger partial charge in [0.2, 0.25) is 0 Å². The normalized spacial score (nSPS) is 11.7. The summed E-state index contributed by atoms with van der Waals surface area (Å²) in [6.07, 6.45) is 1.59. The van der Waals surface area contributed by atoms with Gasteiger partial charge in [-0.25, -0.2) is 0 Å². The average Bonchev–Trinajstić information content (AvgIpc) is 2.67. The quantitative estimate of drug-likeness (QED) is 0.325. The van der Waals surface area contributed by atoms with Gasteiger partial charge in [-0.15, -0.1) is 0 Å². The highest BCUT2D eigenvalue weighted by Crippen LogP contribution is 2.29. The van der Waals surface area contributed by atoms with Gasteiger partial charge in [-0.3, -0.25) is 30.4 Å². The van der Waals surface area contributed by atoms with E-state index in [1.54, 1.807) is 24.3 Å². The Hall–Kier alpha value is -3.82. The van der Waals surface area contributed by atoms with Crippen molar-refractivity contribution in [1.29, 1.82) is 0 Å². The number of anilines is 1. The number of nitro benzene ring substituents is 2. The summed E-state index contributed by atoms with van der Waals surface area (Å²) in [6.45, 7) is 0. The zero-order chi connectivity index (χ0) is 19.8. The highest BCUT2D eigenvalue weighted by atomic mass is 16.6. The van der Waals surface area contributed by atoms with E-state index >= 15 is 0 Å². The lowest BCUT2D eigenvalue weighted by Gasteiger charge is -2.12. The number of hydrogen-bond donors (Lipinski definition) is 1. The van der Waals surface area contributed by atoms with Crippen molar-refractivity contribution in [3.63, 3.8) is 0 Å². The second-order valence-corrected chi connectivity index (χ2v) is 5.36. The molecule has 1 atom stereocenters. The summed E-state index contributed by atoms with van der Waals surface area (Å²) in [5.41, 5.74) is 2.35. The van der Waals surface area contributed by atoms with E-state index in [0.717, 1.165) is 17.7 Å². The number of hydrogen-bond acceptors (Lipinski definition) is 8. The summed E-state index contributed by atoms with van der Waals surface area (Å²) >= 11 is 0. The van der Waals surface area contributed by atoms with Crippen molar-refractivity contribution in [2.75, 3.05) is 12.5 Å². The van der Waals surface area contributed by atoms with E-state index < -0.39 is 33.1 Å². The van der Waals surface area contributed by atoms with E-state index in [9.17, 15) is 25.0 Å². The van der Waals surface area contributed by atoms with Gasteiger partial charge < -0.3 is 4.74 Å². The molecule has 0 aromatic heterocycles. The molecule has 0 radical (unpaired) electrons. The molecule has 2 rings (SSSR count). The Bertz CT molecular complexity index is 869. The Labute approximate surface area is 153 Å². The first-order chi connectivity index (χ1) is 12.9. The third kappa shape index (κ3) is 5.08. The minimum Gasteiger partial charge on any atom is -0.469 e. The molecule has 1 N–H and O–H groups in total. The first-order valence-corrected chi connectivity index (χ1v) is 7.77. The third-order valence-corrected chi connectivity index (χ3v) is 3.69. The second-order valence-electron chi connectivity index (χ2n) is 5.36. The van der Waals surface area contributed by atoms with Crippen molar-refractivity contribution in [3.05, 3.63) is 74.3 Å². The number of esters is 1. The van der Waals surface area contributed by atoms with Gasteiger partial charge in [0.25, 0.3) is 5.69 Å². The number of ether oxygens (including phenoxy) is 1. The molecule has 0 spiro atoms. The molecule has 140 valence electrons. The van der Waals surface area contributed by atoms with Crippen LogP contribution in [0.15, 0.2) is 53.6 Å². The van der Waals surface area contributed by atoms with E-state index in [1.807, 2.05) is 6.07 Å². The molecule has 0 saturated carbocycles. The molecule has 0 fully saturated rings. The zero-order valence-corrected chi connectivity index (χ0v) is 14.3. The average molecular weight is 372 g/mol. The number of hydrazone groups is 1. The first kappa shape index (κ1) is 19.5. The molecule has 2 aromatic rings. The maximum atomic E-state index is 12.0. The molecule has 10 heteroatoms. The maximum absolute atomic E-state index is 12.0. The van der Waals surface area contributed by atoms with Crippen LogP contribution in [0.25, 0.3) is 0 Å². The number of rotatable bonds is 8. The van der Waals surface area contributed by atoms with Crippen molar-refractivity contribution in [3.8, 4) is 0 Å². The maximum Gasteiger partial charge on any atom is 0.313 e. The fraction of sp³-hybridized carbons (Fsp3) is 0.176. The predicted molar refractivity (Wildman–Crippen MR) is 97.7 cm³/mol. The molecule has 0 saturated heterocycles. The molecule has 0 amide bonds. The lowest BCUT2D eigenvalue weighted by atomic mass is 9.96. The Morgan fingerprint density at radius 1 is 1.19 bits per heavy atom. The SMILES string of the molecule is COC(=O)C(C/C=N/Nc1ccc([N+](=O)[O-])cc1[N+](=O)[O-])c1ccccc1. The zero-order valence-electron chi connectivity index (χ0n) is 14.3. The van der Waals surface area contributed by atoms with Crippen molar-refractivity contribution < 1.29 is 19.4 Å². The van der Waals surface area contributed by atoms with Gasteiger partial charge in [0, 0.05) is 18.7 Å². The highest BCUT2D eigenvalue weighted by molar-refractivity contribution is 5.82. The van der Waals surface area contributed by atoms with Gasteiger partial charge >= 0.3 is 11.7 Å². The summed E-state index contributed by atoms with van der Waals surface area (Å²) in [6, 6.07) is 12.1. The molecule has 2 aromatic carbocycles. The molecule has 0 aliphatic rings. The van der Waals surface area contributed by atoms with Crippen LogP contribution in [0, 0.1) is 20.2 Å². The topological polar surface area (TPSA) is 137 Å².